The van der Waals surface area contributed by atoms with Crippen LogP contribution >= 0.6 is 11.6 Å². The van der Waals surface area contributed by atoms with E-state index < -0.39 is 17.1 Å². The van der Waals surface area contributed by atoms with E-state index in [9.17, 15) is 14.4 Å². The normalized spacial score (nSPS) is 36.2. The zero-order valence-corrected chi connectivity index (χ0v) is 35.0. The first-order chi connectivity index (χ1) is 24.5. The predicted molar refractivity (Wildman–Crippen MR) is 208 cm³/mol. The minimum Gasteiger partial charge on any atom is -0.462 e. The van der Waals surface area contributed by atoms with Gasteiger partial charge in [0.1, 0.15) is 11.7 Å². The number of hydrogen-bond donors (Lipinski definition) is 0. The van der Waals surface area contributed by atoms with Crippen molar-refractivity contribution in [3.8, 4) is 0 Å². The van der Waals surface area contributed by atoms with Crippen LogP contribution in [0.5, 0.6) is 0 Å². The van der Waals surface area contributed by atoms with Crippen LogP contribution in [-0.4, -0.2) is 46.8 Å². The van der Waals surface area contributed by atoms with E-state index in [0.717, 1.165) is 61.7 Å². The van der Waals surface area contributed by atoms with Gasteiger partial charge in [0.05, 0.1) is 12.0 Å². The number of Topliss-reactive ketones (excluding diaryl/α,β-unsaturated/α-hetero) is 2. The summed E-state index contributed by atoms with van der Waals surface area (Å²) in [6.45, 7) is 23.5. The summed E-state index contributed by atoms with van der Waals surface area (Å²) in [6.07, 6.45) is 7.12. The van der Waals surface area contributed by atoms with Crippen LogP contribution in [0.4, 0.5) is 4.79 Å². The van der Waals surface area contributed by atoms with Gasteiger partial charge in [0.2, 0.25) is 0 Å². The molecule has 5 aliphatic carbocycles. The van der Waals surface area contributed by atoms with Gasteiger partial charge in [-0.25, -0.2) is 4.79 Å². The number of benzene rings is 1. The van der Waals surface area contributed by atoms with Crippen molar-refractivity contribution in [1.82, 2.24) is 4.90 Å². The maximum Gasteiger partial charge on any atom is 0.410 e. The summed E-state index contributed by atoms with van der Waals surface area (Å²) in [5, 5.41) is 0.600. The van der Waals surface area contributed by atoms with Crippen LogP contribution in [0, 0.1) is 50.7 Å². The molecule has 292 valence electrons. The monoisotopic (exact) mass is 749 g/mol. The summed E-state index contributed by atoms with van der Waals surface area (Å²) in [5.74, 6) is 0.893. The van der Waals surface area contributed by atoms with Crippen molar-refractivity contribution < 1.29 is 28.7 Å². The Bertz CT molecular complexity index is 1690. The van der Waals surface area contributed by atoms with Gasteiger partial charge >= 0.3 is 12.1 Å². The van der Waals surface area contributed by atoms with E-state index in [2.05, 4.69) is 48.5 Å². The Hall–Kier alpha value is -2.67. The lowest BCUT2D eigenvalue weighted by atomic mass is 9.33. The highest BCUT2D eigenvalue weighted by Crippen LogP contribution is 2.76. The third-order valence-electron chi connectivity index (χ3n) is 15.5. The number of ketones is 2. The molecule has 53 heavy (non-hydrogen) atoms. The van der Waals surface area contributed by atoms with Crippen LogP contribution < -0.4 is 0 Å². The number of esters is 1. The fourth-order valence-corrected chi connectivity index (χ4v) is 13.1. The topological polar surface area (TPSA) is 90.0 Å². The van der Waals surface area contributed by atoms with Crippen molar-refractivity contribution in [3.63, 3.8) is 0 Å². The molecule has 7 nitrogen and oxygen atoms in total. The number of rotatable bonds is 7. The predicted octanol–water partition coefficient (Wildman–Crippen LogP) is 10.6. The number of fused-ring (bicyclic) bond motifs is 7. The summed E-state index contributed by atoms with van der Waals surface area (Å²) < 4.78 is 11.8. The Morgan fingerprint density at radius 2 is 1.55 bits per heavy atom. The van der Waals surface area contributed by atoms with Crippen LogP contribution in [0.1, 0.15) is 140 Å². The molecule has 8 heteroatoms. The van der Waals surface area contributed by atoms with Crippen molar-refractivity contribution in [2.75, 3.05) is 6.54 Å². The molecule has 6 rings (SSSR count). The van der Waals surface area contributed by atoms with Crippen LogP contribution in [0.15, 0.2) is 35.4 Å². The Kier molecular flexibility index (Phi) is 10.2. The van der Waals surface area contributed by atoms with Crippen LogP contribution in [-0.2, 0) is 30.4 Å². The van der Waals surface area contributed by atoms with Gasteiger partial charge in [-0.2, -0.15) is 0 Å². The molecular weight excluding hydrogens is 686 g/mol. The number of hydrogen-bond acceptors (Lipinski definition) is 6. The summed E-state index contributed by atoms with van der Waals surface area (Å²) >= 11 is 6.18. The van der Waals surface area contributed by atoms with Gasteiger partial charge < -0.3 is 9.47 Å². The number of nitrogens with zero attached hydrogens (tertiary/aromatic N) is 1. The highest BCUT2D eigenvalue weighted by atomic mass is 35.5. The Balaban J connectivity index is 1.36. The third kappa shape index (κ3) is 6.51. The number of halogens is 1. The second-order valence-corrected chi connectivity index (χ2v) is 20.6. The van der Waals surface area contributed by atoms with Crippen molar-refractivity contribution >= 4 is 35.2 Å². The Morgan fingerprint density at radius 3 is 2.15 bits per heavy atom. The molecule has 0 heterocycles. The molecule has 0 saturated heterocycles. The number of carbonyl (C=O) groups is 4. The minimum absolute atomic E-state index is 0.00156. The molecule has 1 amide bonds. The fourth-order valence-electron chi connectivity index (χ4n) is 13.0. The molecule has 1 aromatic rings. The SMILES string of the molecule is CC(=O)OC1CC[C@@]2(C)C(CC[C@]3(C)C2CCC2C4=C(C(C)C)C(=O)C[C@]4(C(=O)CN(Cc4ccc(Cl)cc4)C(=O)OC(C)(C)C)CC[C@]23C)C1(C)C. The molecule has 0 bridgehead atoms. The lowest BCUT2D eigenvalue weighted by Gasteiger charge is -2.72. The lowest BCUT2D eigenvalue weighted by Crippen LogP contribution is -2.66. The smallest absolute Gasteiger partial charge is 0.410 e. The second-order valence-electron chi connectivity index (χ2n) is 20.1. The minimum atomic E-state index is -0.921. The lowest BCUT2D eigenvalue weighted by molar-refractivity contribution is -0.232. The van der Waals surface area contributed by atoms with E-state index in [0.29, 0.717) is 23.3 Å². The van der Waals surface area contributed by atoms with Gasteiger partial charge in [-0.3, -0.25) is 19.3 Å². The average molecular weight is 750 g/mol. The van der Waals surface area contributed by atoms with Crippen LogP contribution in [0.2, 0.25) is 5.02 Å². The van der Waals surface area contributed by atoms with Gasteiger partial charge in [0.15, 0.2) is 11.6 Å². The van der Waals surface area contributed by atoms with Crippen LogP contribution in [0.3, 0.4) is 0 Å². The maximum atomic E-state index is 15.1. The number of ether oxygens (including phenoxy) is 2. The molecule has 1 aromatic carbocycles. The molecule has 0 N–H and O–H groups in total. The van der Waals surface area contributed by atoms with Crippen molar-refractivity contribution in [2.24, 2.45) is 50.7 Å². The van der Waals surface area contributed by atoms with E-state index in [-0.39, 0.29) is 76.6 Å². The first kappa shape index (κ1) is 40.0. The molecule has 5 aliphatic rings. The van der Waals surface area contributed by atoms with Gasteiger partial charge in [-0.15, -0.1) is 0 Å². The van der Waals surface area contributed by atoms with Crippen molar-refractivity contribution in [2.45, 2.75) is 152 Å². The standard InChI is InChI=1S/C45H64ClNO6/c1-27(2)37-32(49)24-45(35(50)26-47(39(51)53-40(4,5)6)25-29-12-14-30(46)15-13-29)23-22-43(10)31(38(37)45)16-17-34-42(9)20-19-36(52-28(3)48)41(7,8)33(42)18-21-44(34,43)11/h12-15,27,31,33-34,36H,16-26H2,1-11H3/t31?,33?,34?,36?,42-,43+,44+,45-/m0/s1. The first-order valence-corrected chi connectivity index (χ1v) is 20.6. The third-order valence-corrected chi connectivity index (χ3v) is 15.7. The van der Waals surface area contributed by atoms with Crippen molar-refractivity contribution in [3.05, 3.63) is 46.0 Å². The summed E-state index contributed by atoms with van der Waals surface area (Å²) in [5.41, 5.74) is 1.04. The molecule has 0 radical (unpaired) electrons. The summed E-state index contributed by atoms with van der Waals surface area (Å²) in [6, 6.07) is 7.31. The van der Waals surface area contributed by atoms with Crippen molar-refractivity contribution in [1.29, 1.82) is 0 Å². The highest BCUT2D eigenvalue weighted by molar-refractivity contribution is 6.30. The molecule has 0 aromatic heterocycles. The van der Waals surface area contributed by atoms with Gasteiger partial charge in [0.25, 0.3) is 0 Å². The molecule has 4 unspecified atom stereocenters. The Labute approximate surface area is 323 Å². The number of carbonyl (C=O) groups excluding carboxylic acids is 4. The zero-order chi connectivity index (χ0) is 39.1. The van der Waals surface area contributed by atoms with Gasteiger partial charge in [0, 0.05) is 30.3 Å². The molecule has 8 atom stereocenters. The van der Waals surface area contributed by atoms with E-state index in [1.807, 2.05) is 32.9 Å². The second kappa shape index (κ2) is 13.5. The molecular formula is C45H64ClNO6. The van der Waals surface area contributed by atoms with Gasteiger partial charge in [-0.1, -0.05) is 72.2 Å². The Morgan fingerprint density at radius 1 is 0.887 bits per heavy atom. The molecule has 0 spiro atoms. The van der Waals surface area contributed by atoms with E-state index in [1.54, 1.807) is 12.1 Å². The van der Waals surface area contributed by atoms with Gasteiger partial charge in [-0.05, 0) is 141 Å². The summed E-state index contributed by atoms with van der Waals surface area (Å²) in [4.78, 5) is 56.7. The highest BCUT2D eigenvalue weighted by Gasteiger charge is 2.71. The largest absolute Gasteiger partial charge is 0.462 e. The van der Waals surface area contributed by atoms with E-state index in [4.69, 9.17) is 21.1 Å². The first-order valence-electron chi connectivity index (χ1n) is 20.2. The summed E-state index contributed by atoms with van der Waals surface area (Å²) in [7, 11) is 0. The zero-order valence-electron chi connectivity index (χ0n) is 34.2. The number of amides is 1. The maximum absolute atomic E-state index is 15.1. The van der Waals surface area contributed by atoms with E-state index in [1.165, 1.54) is 11.8 Å². The van der Waals surface area contributed by atoms with Crippen LogP contribution in [0.25, 0.3) is 0 Å². The number of allylic oxidation sites excluding steroid dienone is 2. The van der Waals surface area contributed by atoms with E-state index >= 15 is 4.79 Å². The fraction of sp³-hybridized carbons (Fsp3) is 0.733. The molecule has 4 saturated carbocycles. The quantitative estimate of drug-likeness (QED) is 0.258. The average Bonchev–Trinajstić information content (AvgIpc) is 3.36. The molecule has 4 fully saturated rings. The molecule has 0 aliphatic heterocycles.